The maximum atomic E-state index is 5.91. The van der Waals surface area contributed by atoms with E-state index in [-0.39, 0.29) is 0 Å². The van der Waals surface area contributed by atoms with E-state index in [0.29, 0.717) is 11.5 Å². The van der Waals surface area contributed by atoms with Crippen molar-refractivity contribution in [3.8, 4) is 0 Å². The third-order valence-electron chi connectivity index (χ3n) is 3.14. The zero-order valence-electron chi connectivity index (χ0n) is 7.90. The molecule has 0 bridgehead atoms. The molecule has 0 unspecified atom stereocenters. The fraction of sp³-hybridized carbons (Fsp3) is 1.00. The number of hydrogen-bond donors (Lipinski definition) is 1. The molecule has 1 heteroatoms. The van der Waals surface area contributed by atoms with Gasteiger partial charge in [0, 0.05) is 6.04 Å². The van der Waals surface area contributed by atoms with E-state index in [1.807, 2.05) is 0 Å². The molecule has 66 valence electrons. The summed E-state index contributed by atoms with van der Waals surface area (Å²) >= 11 is 0. The van der Waals surface area contributed by atoms with Crippen LogP contribution in [0.4, 0.5) is 0 Å². The Bertz CT molecular complexity index is 114. The summed E-state index contributed by atoms with van der Waals surface area (Å²) in [4.78, 5) is 0. The maximum absolute atomic E-state index is 5.91. The first-order valence-corrected chi connectivity index (χ1v) is 4.97. The Balaban J connectivity index is 2.14. The molecule has 0 saturated heterocycles. The molecule has 0 aromatic rings. The van der Waals surface area contributed by atoms with Gasteiger partial charge in [0.1, 0.15) is 0 Å². The van der Waals surface area contributed by atoms with Gasteiger partial charge in [0.2, 0.25) is 0 Å². The van der Waals surface area contributed by atoms with Crippen LogP contribution in [-0.4, -0.2) is 6.04 Å². The number of nitrogens with two attached hydrogens (primary N) is 1. The molecule has 1 aliphatic rings. The SMILES string of the molecule is CCCCCC1([C@H](C)N)CC1. The molecule has 0 spiro atoms. The quantitative estimate of drug-likeness (QED) is 0.607. The molecule has 1 atom stereocenters. The van der Waals surface area contributed by atoms with E-state index < -0.39 is 0 Å². The van der Waals surface area contributed by atoms with Crippen molar-refractivity contribution in [2.24, 2.45) is 11.1 Å². The molecule has 1 aliphatic carbocycles. The second kappa shape index (κ2) is 3.57. The standard InChI is InChI=1S/C10H21N/c1-3-4-5-6-10(7-8-10)9(2)11/h9H,3-8,11H2,1-2H3/t9-/m0/s1. The Morgan fingerprint density at radius 3 is 2.36 bits per heavy atom. The van der Waals surface area contributed by atoms with E-state index in [9.17, 15) is 0 Å². The van der Waals surface area contributed by atoms with Crippen LogP contribution in [0.3, 0.4) is 0 Å². The van der Waals surface area contributed by atoms with Gasteiger partial charge in [-0.1, -0.05) is 26.2 Å². The minimum Gasteiger partial charge on any atom is -0.327 e. The summed E-state index contributed by atoms with van der Waals surface area (Å²) in [5.41, 5.74) is 6.49. The van der Waals surface area contributed by atoms with Crippen LogP contribution in [0, 0.1) is 5.41 Å². The van der Waals surface area contributed by atoms with Gasteiger partial charge in [-0.25, -0.2) is 0 Å². The smallest absolute Gasteiger partial charge is 0.00670 e. The van der Waals surface area contributed by atoms with E-state index in [4.69, 9.17) is 5.73 Å². The zero-order valence-corrected chi connectivity index (χ0v) is 7.90. The van der Waals surface area contributed by atoms with Crippen molar-refractivity contribution < 1.29 is 0 Å². The molecule has 1 nitrogen and oxygen atoms in total. The molecular weight excluding hydrogens is 134 g/mol. The minimum absolute atomic E-state index is 0.430. The average Bonchev–Trinajstić information content (AvgIpc) is 2.70. The van der Waals surface area contributed by atoms with Crippen LogP contribution in [0.2, 0.25) is 0 Å². The third kappa shape index (κ3) is 2.19. The number of rotatable bonds is 5. The van der Waals surface area contributed by atoms with Gasteiger partial charge in [-0.05, 0) is 31.6 Å². The lowest BCUT2D eigenvalue weighted by Crippen LogP contribution is -2.27. The molecule has 1 rings (SSSR count). The predicted octanol–water partition coefficient (Wildman–Crippen LogP) is 2.69. The minimum atomic E-state index is 0.430. The summed E-state index contributed by atoms with van der Waals surface area (Å²) < 4.78 is 0. The lowest BCUT2D eigenvalue weighted by molar-refractivity contribution is 0.373. The molecule has 1 fully saturated rings. The van der Waals surface area contributed by atoms with E-state index >= 15 is 0 Å². The Hall–Kier alpha value is -0.0400. The first-order chi connectivity index (χ1) is 5.21. The molecule has 0 radical (unpaired) electrons. The summed E-state index contributed by atoms with van der Waals surface area (Å²) in [6.45, 7) is 4.42. The Morgan fingerprint density at radius 2 is 2.00 bits per heavy atom. The average molecular weight is 155 g/mol. The van der Waals surface area contributed by atoms with Crippen molar-refractivity contribution in [2.75, 3.05) is 0 Å². The van der Waals surface area contributed by atoms with Crippen molar-refractivity contribution in [3.63, 3.8) is 0 Å². The van der Waals surface area contributed by atoms with Gasteiger partial charge in [-0.2, -0.15) is 0 Å². The highest BCUT2D eigenvalue weighted by Gasteiger charge is 2.44. The molecular formula is C10H21N. The molecule has 0 aliphatic heterocycles. The fourth-order valence-corrected chi connectivity index (χ4v) is 1.82. The second-order valence-electron chi connectivity index (χ2n) is 4.11. The molecule has 0 heterocycles. The van der Waals surface area contributed by atoms with Crippen molar-refractivity contribution in [3.05, 3.63) is 0 Å². The third-order valence-corrected chi connectivity index (χ3v) is 3.14. The van der Waals surface area contributed by atoms with E-state index in [0.717, 1.165) is 0 Å². The Kier molecular flexibility index (Phi) is 2.94. The molecule has 11 heavy (non-hydrogen) atoms. The Labute approximate surface area is 70.4 Å². The summed E-state index contributed by atoms with van der Waals surface area (Å²) in [6.07, 6.45) is 8.24. The largest absolute Gasteiger partial charge is 0.327 e. The van der Waals surface area contributed by atoms with Gasteiger partial charge in [0.15, 0.2) is 0 Å². The maximum Gasteiger partial charge on any atom is 0.00670 e. The molecule has 0 amide bonds. The van der Waals surface area contributed by atoms with Crippen LogP contribution in [0.5, 0.6) is 0 Å². The van der Waals surface area contributed by atoms with Gasteiger partial charge < -0.3 is 5.73 Å². The highest BCUT2D eigenvalue weighted by Crippen LogP contribution is 2.51. The molecule has 2 N–H and O–H groups in total. The predicted molar refractivity (Wildman–Crippen MR) is 49.5 cm³/mol. The van der Waals surface area contributed by atoms with Gasteiger partial charge in [-0.15, -0.1) is 0 Å². The van der Waals surface area contributed by atoms with Crippen LogP contribution in [-0.2, 0) is 0 Å². The second-order valence-corrected chi connectivity index (χ2v) is 4.11. The summed E-state index contributed by atoms with van der Waals surface area (Å²) in [5, 5.41) is 0. The number of hydrogen-bond acceptors (Lipinski definition) is 1. The first-order valence-electron chi connectivity index (χ1n) is 4.97. The highest BCUT2D eigenvalue weighted by atomic mass is 14.7. The van der Waals surface area contributed by atoms with Crippen LogP contribution in [0.1, 0.15) is 52.4 Å². The van der Waals surface area contributed by atoms with Crippen LogP contribution >= 0.6 is 0 Å². The van der Waals surface area contributed by atoms with Gasteiger partial charge in [0.25, 0.3) is 0 Å². The van der Waals surface area contributed by atoms with Gasteiger partial charge in [0.05, 0.1) is 0 Å². The first kappa shape index (κ1) is 9.05. The topological polar surface area (TPSA) is 26.0 Å². The van der Waals surface area contributed by atoms with Crippen LogP contribution < -0.4 is 5.73 Å². The summed E-state index contributed by atoms with van der Waals surface area (Å²) in [5.74, 6) is 0. The Morgan fingerprint density at radius 1 is 1.36 bits per heavy atom. The molecule has 1 saturated carbocycles. The fourth-order valence-electron chi connectivity index (χ4n) is 1.82. The highest BCUT2D eigenvalue weighted by molar-refractivity contribution is 4.98. The van der Waals surface area contributed by atoms with E-state index in [1.54, 1.807) is 0 Å². The molecule has 0 aromatic heterocycles. The molecule has 0 aromatic carbocycles. The van der Waals surface area contributed by atoms with E-state index in [1.165, 1.54) is 38.5 Å². The van der Waals surface area contributed by atoms with E-state index in [2.05, 4.69) is 13.8 Å². The summed E-state index contributed by atoms with van der Waals surface area (Å²) in [7, 11) is 0. The number of unbranched alkanes of at least 4 members (excludes halogenated alkanes) is 2. The van der Waals surface area contributed by atoms with Gasteiger partial charge >= 0.3 is 0 Å². The summed E-state index contributed by atoms with van der Waals surface area (Å²) in [6, 6.07) is 0.430. The zero-order chi connectivity index (χ0) is 8.32. The van der Waals surface area contributed by atoms with Gasteiger partial charge in [-0.3, -0.25) is 0 Å². The van der Waals surface area contributed by atoms with Crippen molar-refractivity contribution >= 4 is 0 Å². The van der Waals surface area contributed by atoms with Crippen LogP contribution in [0.15, 0.2) is 0 Å². The van der Waals surface area contributed by atoms with Crippen molar-refractivity contribution in [1.82, 2.24) is 0 Å². The normalized spacial score (nSPS) is 23.2. The lowest BCUT2D eigenvalue weighted by atomic mass is 9.92. The monoisotopic (exact) mass is 155 g/mol. The van der Waals surface area contributed by atoms with Crippen molar-refractivity contribution in [1.29, 1.82) is 0 Å². The lowest BCUT2D eigenvalue weighted by Gasteiger charge is -2.18. The van der Waals surface area contributed by atoms with Crippen LogP contribution in [0.25, 0.3) is 0 Å². The van der Waals surface area contributed by atoms with Crippen molar-refractivity contribution in [2.45, 2.75) is 58.4 Å².